The Morgan fingerprint density at radius 2 is 1.79 bits per heavy atom. The van der Waals surface area contributed by atoms with Crippen molar-refractivity contribution in [3.8, 4) is 11.5 Å². The molecule has 1 amide bonds. The van der Waals surface area contributed by atoms with Crippen LogP contribution in [-0.2, 0) is 17.6 Å². The fourth-order valence-electron chi connectivity index (χ4n) is 2.44. The Balaban J connectivity index is 1.78. The SMILES string of the molecule is COc1ccccc1CC(=O)NCCc1ccc(OC(C)C)cc1. The fraction of sp³-hybridized carbons (Fsp3) is 0.350. The van der Waals surface area contributed by atoms with Crippen LogP contribution in [0.4, 0.5) is 0 Å². The second-order valence-electron chi connectivity index (χ2n) is 5.90. The first-order valence-electron chi connectivity index (χ1n) is 8.22. The topological polar surface area (TPSA) is 47.6 Å². The maximum Gasteiger partial charge on any atom is 0.224 e. The molecule has 0 saturated heterocycles. The number of hydrogen-bond acceptors (Lipinski definition) is 3. The monoisotopic (exact) mass is 327 g/mol. The quantitative estimate of drug-likeness (QED) is 0.808. The summed E-state index contributed by atoms with van der Waals surface area (Å²) in [5.74, 6) is 1.61. The molecule has 0 spiro atoms. The van der Waals surface area contributed by atoms with E-state index in [9.17, 15) is 4.79 Å². The average Bonchev–Trinajstić information content (AvgIpc) is 2.56. The van der Waals surface area contributed by atoms with Crippen LogP contribution in [0.5, 0.6) is 11.5 Å². The highest BCUT2D eigenvalue weighted by molar-refractivity contribution is 5.79. The number of methoxy groups -OCH3 is 1. The summed E-state index contributed by atoms with van der Waals surface area (Å²) in [6, 6.07) is 15.6. The van der Waals surface area contributed by atoms with Crippen LogP contribution in [0.2, 0.25) is 0 Å². The minimum absolute atomic E-state index is 0.000684. The third-order valence-corrected chi connectivity index (χ3v) is 3.57. The van der Waals surface area contributed by atoms with E-state index < -0.39 is 0 Å². The zero-order chi connectivity index (χ0) is 17.4. The first kappa shape index (κ1) is 17.9. The van der Waals surface area contributed by atoms with Gasteiger partial charge in [0.25, 0.3) is 0 Å². The molecular weight excluding hydrogens is 302 g/mol. The van der Waals surface area contributed by atoms with Gasteiger partial charge < -0.3 is 14.8 Å². The smallest absolute Gasteiger partial charge is 0.224 e. The molecule has 1 N–H and O–H groups in total. The Hall–Kier alpha value is -2.49. The van der Waals surface area contributed by atoms with E-state index in [1.807, 2.05) is 62.4 Å². The van der Waals surface area contributed by atoms with E-state index >= 15 is 0 Å². The number of benzene rings is 2. The van der Waals surface area contributed by atoms with Crippen molar-refractivity contribution < 1.29 is 14.3 Å². The van der Waals surface area contributed by atoms with Crippen LogP contribution in [0.25, 0.3) is 0 Å². The van der Waals surface area contributed by atoms with Crippen molar-refractivity contribution in [2.24, 2.45) is 0 Å². The predicted octanol–water partition coefficient (Wildman–Crippen LogP) is 3.38. The summed E-state index contributed by atoms with van der Waals surface area (Å²) in [7, 11) is 1.61. The lowest BCUT2D eigenvalue weighted by atomic mass is 10.1. The molecule has 128 valence electrons. The Labute approximate surface area is 143 Å². The van der Waals surface area contributed by atoms with Gasteiger partial charge in [0.05, 0.1) is 19.6 Å². The van der Waals surface area contributed by atoms with Crippen LogP contribution in [0.15, 0.2) is 48.5 Å². The summed E-state index contributed by atoms with van der Waals surface area (Å²) >= 11 is 0. The summed E-state index contributed by atoms with van der Waals surface area (Å²) in [5.41, 5.74) is 2.07. The number of ether oxygens (including phenoxy) is 2. The van der Waals surface area contributed by atoms with E-state index in [0.29, 0.717) is 13.0 Å². The van der Waals surface area contributed by atoms with Crippen LogP contribution < -0.4 is 14.8 Å². The van der Waals surface area contributed by atoms with Crippen molar-refractivity contribution >= 4 is 5.91 Å². The summed E-state index contributed by atoms with van der Waals surface area (Å²) in [6.07, 6.45) is 1.29. The highest BCUT2D eigenvalue weighted by Crippen LogP contribution is 2.17. The minimum Gasteiger partial charge on any atom is -0.496 e. The summed E-state index contributed by atoms with van der Waals surface area (Å²) in [4.78, 5) is 12.1. The second kappa shape index (κ2) is 8.96. The van der Waals surface area contributed by atoms with E-state index in [2.05, 4.69) is 5.32 Å². The number of para-hydroxylation sites is 1. The fourth-order valence-corrected chi connectivity index (χ4v) is 2.44. The summed E-state index contributed by atoms with van der Waals surface area (Å²) < 4.78 is 10.9. The molecule has 0 saturated carbocycles. The van der Waals surface area contributed by atoms with Crippen molar-refractivity contribution in [3.05, 3.63) is 59.7 Å². The zero-order valence-corrected chi connectivity index (χ0v) is 14.5. The first-order chi connectivity index (χ1) is 11.6. The van der Waals surface area contributed by atoms with Gasteiger partial charge in [-0.25, -0.2) is 0 Å². The van der Waals surface area contributed by atoms with Gasteiger partial charge in [-0.15, -0.1) is 0 Å². The van der Waals surface area contributed by atoms with E-state index in [0.717, 1.165) is 23.5 Å². The maximum atomic E-state index is 12.1. The van der Waals surface area contributed by atoms with Gasteiger partial charge in [-0.1, -0.05) is 30.3 Å². The molecule has 4 nitrogen and oxygen atoms in total. The largest absolute Gasteiger partial charge is 0.496 e. The Kier molecular flexibility index (Phi) is 6.67. The third-order valence-electron chi connectivity index (χ3n) is 3.57. The number of hydrogen-bond donors (Lipinski definition) is 1. The molecule has 0 heterocycles. The van der Waals surface area contributed by atoms with Gasteiger partial charge in [0.2, 0.25) is 5.91 Å². The molecule has 0 aliphatic rings. The molecule has 0 unspecified atom stereocenters. The number of amides is 1. The molecule has 0 radical (unpaired) electrons. The number of carbonyl (C=O) groups excluding carboxylic acids is 1. The van der Waals surface area contributed by atoms with Crippen LogP contribution in [-0.4, -0.2) is 25.7 Å². The number of carbonyl (C=O) groups is 1. The molecule has 24 heavy (non-hydrogen) atoms. The lowest BCUT2D eigenvalue weighted by Gasteiger charge is -2.11. The lowest BCUT2D eigenvalue weighted by Crippen LogP contribution is -2.27. The highest BCUT2D eigenvalue weighted by Gasteiger charge is 2.07. The van der Waals surface area contributed by atoms with Gasteiger partial charge in [0.1, 0.15) is 11.5 Å². The predicted molar refractivity (Wildman–Crippen MR) is 95.6 cm³/mol. The van der Waals surface area contributed by atoms with Gasteiger partial charge in [-0.05, 0) is 44.0 Å². The molecular formula is C20H25NO3. The third kappa shape index (κ3) is 5.61. The van der Waals surface area contributed by atoms with Crippen LogP contribution >= 0.6 is 0 Å². The summed E-state index contributed by atoms with van der Waals surface area (Å²) in [5, 5.41) is 2.95. The van der Waals surface area contributed by atoms with E-state index in [1.165, 1.54) is 5.56 Å². The number of rotatable bonds is 8. The molecule has 0 aliphatic carbocycles. The van der Waals surface area contributed by atoms with Gasteiger partial charge in [0.15, 0.2) is 0 Å². The first-order valence-corrected chi connectivity index (χ1v) is 8.22. The van der Waals surface area contributed by atoms with E-state index in [4.69, 9.17) is 9.47 Å². The van der Waals surface area contributed by atoms with Crippen molar-refractivity contribution in [2.45, 2.75) is 32.8 Å². The Bertz CT molecular complexity index is 650. The minimum atomic E-state index is -0.000684. The standard InChI is InChI=1S/C20H25NO3/c1-15(2)24-18-10-8-16(9-11-18)12-13-21-20(22)14-17-6-4-5-7-19(17)23-3/h4-11,15H,12-14H2,1-3H3,(H,21,22). The highest BCUT2D eigenvalue weighted by atomic mass is 16.5. The van der Waals surface area contributed by atoms with Crippen LogP contribution in [0.3, 0.4) is 0 Å². The molecule has 2 aromatic carbocycles. The molecule has 4 heteroatoms. The van der Waals surface area contributed by atoms with Gasteiger partial charge in [-0.3, -0.25) is 4.79 Å². The van der Waals surface area contributed by atoms with Crippen LogP contribution in [0, 0.1) is 0 Å². The zero-order valence-electron chi connectivity index (χ0n) is 14.5. The average molecular weight is 327 g/mol. The lowest BCUT2D eigenvalue weighted by molar-refractivity contribution is -0.120. The van der Waals surface area contributed by atoms with E-state index in [1.54, 1.807) is 7.11 Å². The molecule has 0 fully saturated rings. The molecule has 0 atom stereocenters. The molecule has 2 aromatic rings. The summed E-state index contributed by atoms with van der Waals surface area (Å²) in [6.45, 7) is 4.62. The van der Waals surface area contributed by atoms with Crippen molar-refractivity contribution in [2.75, 3.05) is 13.7 Å². The van der Waals surface area contributed by atoms with Gasteiger partial charge in [0, 0.05) is 12.1 Å². The molecule has 0 aliphatic heterocycles. The van der Waals surface area contributed by atoms with Crippen molar-refractivity contribution in [1.29, 1.82) is 0 Å². The molecule has 0 aromatic heterocycles. The van der Waals surface area contributed by atoms with Crippen molar-refractivity contribution in [1.82, 2.24) is 5.32 Å². The van der Waals surface area contributed by atoms with E-state index in [-0.39, 0.29) is 12.0 Å². The second-order valence-corrected chi connectivity index (χ2v) is 5.90. The van der Waals surface area contributed by atoms with Gasteiger partial charge >= 0.3 is 0 Å². The Morgan fingerprint density at radius 3 is 2.46 bits per heavy atom. The number of nitrogens with one attached hydrogen (secondary N) is 1. The van der Waals surface area contributed by atoms with Crippen molar-refractivity contribution in [3.63, 3.8) is 0 Å². The Morgan fingerprint density at radius 1 is 1.08 bits per heavy atom. The van der Waals surface area contributed by atoms with Gasteiger partial charge in [-0.2, -0.15) is 0 Å². The molecule has 0 bridgehead atoms. The maximum absolute atomic E-state index is 12.1. The normalized spacial score (nSPS) is 10.5. The molecule has 2 rings (SSSR count). The van der Waals surface area contributed by atoms with Crippen LogP contribution in [0.1, 0.15) is 25.0 Å².